The molecule has 1 aromatic heterocycles. The van der Waals surface area contributed by atoms with Gasteiger partial charge in [-0.3, -0.25) is 9.59 Å². The summed E-state index contributed by atoms with van der Waals surface area (Å²) in [5.41, 5.74) is 0. The van der Waals surface area contributed by atoms with Crippen LogP contribution in [0.5, 0.6) is 0 Å². The molecule has 7 heteroatoms. The third-order valence-electron chi connectivity index (χ3n) is 3.70. The summed E-state index contributed by atoms with van der Waals surface area (Å²) in [7, 11) is 1.89. The summed E-state index contributed by atoms with van der Waals surface area (Å²) in [5, 5.41) is 7.89. The van der Waals surface area contributed by atoms with Gasteiger partial charge in [0, 0.05) is 13.1 Å². The number of amides is 2. The molecule has 1 atom stereocenters. The smallest absolute Gasteiger partial charge is 0.264 e. The fraction of sp³-hybridized carbons (Fsp3) is 0.600. The molecule has 0 spiro atoms. The van der Waals surface area contributed by atoms with Gasteiger partial charge in [-0.05, 0) is 50.7 Å². The molecular formula is C15H24ClN3O2S. The second kappa shape index (κ2) is 9.82. The molecule has 0 radical (unpaired) electrons. The number of rotatable bonds is 6. The average Bonchev–Trinajstić information content (AvgIpc) is 3.05. The van der Waals surface area contributed by atoms with Gasteiger partial charge in [0.15, 0.2) is 0 Å². The summed E-state index contributed by atoms with van der Waals surface area (Å²) < 4.78 is 0. The second-order valence-corrected chi connectivity index (χ2v) is 6.18. The molecule has 2 heterocycles. The molecule has 0 aliphatic carbocycles. The first-order valence-corrected chi connectivity index (χ1v) is 8.39. The Hall–Kier alpha value is -1.11. The van der Waals surface area contributed by atoms with Crippen LogP contribution in [-0.2, 0) is 4.79 Å². The lowest BCUT2D eigenvalue weighted by molar-refractivity contribution is -0.126. The molecule has 124 valence electrons. The molecule has 5 nitrogen and oxygen atoms in total. The van der Waals surface area contributed by atoms with E-state index in [1.54, 1.807) is 4.90 Å². The van der Waals surface area contributed by atoms with Crippen LogP contribution in [0.1, 0.15) is 35.4 Å². The number of nitrogens with zero attached hydrogens (tertiary/aromatic N) is 1. The van der Waals surface area contributed by atoms with Crippen LogP contribution < -0.4 is 10.6 Å². The largest absolute Gasteiger partial charge is 0.354 e. The van der Waals surface area contributed by atoms with Crippen molar-refractivity contribution in [2.75, 3.05) is 26.7 Å². The van der Waals surface area contributed by atoms with Gasteiger partial charge in [0.05, 0.1) is 4.88 Å². The highest BCUT2D eigenvalue weighted by Crippen LogP contribution is 2.21. The van der Waals surface area contributed by atoms with Crippen molar-refractivity contribution < 1.29 is 9.59 Å². The van der Waals surface area contributed by atoms with Crippen molar-refractivity contribution in [3.05, 3.63) is 22.4 Å². The first-order chi connectivity index (χ1) is 10.2. The van der Waals surface area contributed by atoms with Gasteiger partial charge in [-0.2, -0.15) is 0 Å². The topological polar surface area (TPSA) is 61.4 Å². The molecular weight excluding hydrogens is 322 g/mol. The lowest BCUT2D eigenvalue weighted by Gasteiger charge is -2.34. The van der Waals surface area contributed by atoms with Crippen molar-refractivity contribution in [1.82, 2.24) is 15.5 Å². The molecule has 1 fully saturated rings. The van der Waals surface area contributed by atoms with Crippen molar-refractivity contribution in [3.8, 4) is 0 Å². The van der Waals surface area contributed by atoms with Gasteiger partial charge in [-0.1, -0.05) is 6.07 Å². The van der Waals surface area contributed by atoms with Gasteiger partial charge < -0.3 is 15.5 Å². The van der Waals surface area contributed by atoms with E-state index >= 15 is 0 Å². The van der Waals surface area contributed by atoms with Crippen LogP contribution >= 0.6 is 23.7 Å². The number of thiophene rings is 1. The monoisotopic (exact) mass is 345 g/mol. The van der Waals surface area contributed by atoms with Gasteiger partial charge in [0.25, 0.3) is 5.91 Å². The quantitative estimate of drug-likeness (QED) is 0.774. The van der Waals surface area contributed by atoms with Crippen LogP contribution in [0.15, 0.2) is 17.5 Å². The molecule has 22 heavy (non-hydrogen) atoms. The fourth-order valence-electron chi connectivity index (χ4n) is 2.58. The number of carbonyl (C=O) groups is 2. The molecule has 0 bridgehead atoms. The molecule has 1 aliphatic rings. The number of hydrogen-bond acceptors (Lipinski definition) is 4. The first kappa shape index (κ1) is 18.9. The zero-order chi connectivity index (χ0) is 15.1. The van der Waals surface area contributed by atoms with Crippen molar-refractivity contribution in [3.63, 3.8) is 0 Å². The zero-order valence-corrected chi connectivity index (χ0v) is 14.5. The van der Waals surface area contributed by atoms with E-state index in [0.717, 1.165) is 32.2 Å². The highest BCUT2D eigenvalue weighted by atomic mass is 35.5. The van der Waals surface area contributed by atoms with E-state index in [4.69, 9.17) is 0 Å². The maximum absolute atomic E-state index is 12.5. The number of hydrogen-bond donors (Lipinski definition) is 2. The number of carbonyl (C=O) groups excluding carboxylic acids is 2. The third kappa shape index (κ3) is 4.97. The standard InChI is InChI=1S/C15H23N3O2S.ClH/c1-16-8-5-9-17-14(19)12-6-2-3-10-18(12)15(20)13-7-4-11-21-13;/h4,7,11-12,16H,2-3,5-6,8-10H2,1H3,(H,17,19);1H. The van der Waals surface area contributed by atoms with Crippen LogP contribution in [0.25, 0.3) is 0 Å². The Balaban J connectivity index is 0.00000242. The summed E-state index contributed by atoms with van der Waals surface area (Å²) >= 11 is 1.43. The summed E-state index contributed by atoms with van der Waals surface area (Å²) in [6.45, 7) is 2.20. The van der Waals surface area contributed by atoms with Crippen molar-refractivity contribution in [2.24, 2.45) is 0 Å². The predicted octanol–water partition coefficient (Wildman–Crippen LogP) is 1.89. The van der Waals surface area contributed by atoms with Crippen LogP contribution in [0, 0.1) is 0 Å². The van der Waals surface area contributed by atoms with Crippen LogP contribution in [0.4, 0.5) is 0 Å². The van der Waals surface area contributed by atoms with E-state index in [2.05, 4.69) is 10.6 Å². The third-order valence-corrected chi connectivity index (χ3v) is 4.56. The molecule has 1 saturated heterocycles. The lowest BCUT2D eigenvalue weighted by Crippen LogP contribution is -2.52. The van der Waals surface area contributed by atoms with Gasteiger partial charge in [0.1, 0.15) is 6.04 Å². The van der Waals surface area contributed by atoms with E-state index < -0.39 is 0 Å². The van der Waals surface area contributed by atoms with Crippen LogP contribution in [0.3, 0.4) is 0 Å². The summed E-state index contributed by atoms with van der Waals surface area (Å²) in [6.07, 6.45) is 3.63. The molecule has 1 aliphatic heterocycles. The number of piperidine rings is 1. The SMILES string of the molecule is CNCCCNC(=O)C1CCCCN1C(=O)c1cccs1.Cl. The molecule has 2 rings (SSSR count). The van der Waals surface area contributed by atoms with E-state index in [-0.39, 0.29) is 30.3 Å². The molecule has 0 aromatic carbocycles. The van der Waals surface area contributed by atoms with E-state index in [1.165, 1.54) is 11.3 Å². The first-order valence-electron chi connectivity index (χ1n) is 7.51. The van der Waals surface area contributed by atoms with E-state index in [1.807, 2.05) is 24.6 Å². The molecule has 2 amide bonds. The van der Waals surface area contributed by atoms with E-state index in [0.29, 0.717) is 18.0 Å². The number of halogens is 1. The average molecular weight is 346 g/mol. The Labute approximate surface area is 141 Å². The van der Waals surface area contributed by atoms with Gasteiger partial charge in [-0.25, -0.2) is 0 Å². The Morgan fingerprint density at radius 3 is 2.86 bits per heavy atom. The van der Waals surface area contributed by atoms with Crippen LogP contribution in [0.2, 0.25) is 0 Å². The zero-order valence-electron chi connectivity index (χ0n) is 12.8. The summed E-state index contributed by atoms with van der Waals surface area (Å²) in [4.78, 5) is 27.3. The predicted molar refractivity (Wildman–Crippen MR) is 91.8 cm³/mol. The Morgan fingerprint density at radius 2 is 2.18 bits per heavy atom. The van der Waals surface area contributed by atoms with Gasteiger partial charge in [-0.15, -0.1) is 23.7 Å². The minimum Gasteiger partial charge on any atom is -0.354 e. The Kier molecular flexibility index (Phi) is 8.45. The normalized spacial score (nSPS) is 17.7. The van der Waals surface area contributed by atoms with Crippen molar-refractivity contribution in [2.45, 2.75) is 31.7 Å². The Morgan fingerprint density at radius 1 is 1.36 bits per heavy atom. The Bertz CT molecular complexity index is 467. The fourth-order valence-corrected chi connectivity index (χ4v) is 3.26. The molecule has 1 aromatic rings. The molecule has 0 saturated carbocycles. The van der Waals surface area contributed by atoms with E-state index in [9.17, 15) is 9.59 Å². The van der Waals surface area contributed by atoms with Crippen LogP contribution in [-0.4, -0.2) is 49.4 Å². The van der Waals surface area contributed by atoms with Gasteiger partial charge >= 0.3 is 0 Å². The van der Waals surface area contributed by atoms with Crippen molar-refractivity contribution >= 4 is 35.6 Å². The van der Waals surface area contributed by atoms with Crippen molar-refractivity contribution in [1.29, 1.82) is 0 Å². The maximum Gasteiger partial charge on any atom is 0.264 e. The minimum absolute atomic E-state index is 0. The summed E-state index contributed by atoms with van der Waals surface area (Å²) in [6, 6.07) is 3.38. The summed E-state index contributed by atoms with van der Waals surface area (Å²) in [5.74, 6) is -0.0317. The highest BCUT2D eigenvalue weighted by molar-refractivity contribution is 7.12. The minimum atomic E-state index is -0.317. The van der Waals surface area contributed by atoms with Gasteiger partial charge in [0.2, 0.25) is 5.91 Å². The number of nitrogens with one attached hydrogen (secondary N) is 2. The molecule has 1 unspecified atom stereocenters. The maximum atomic E-state index is 12.5. The highest BCUT2D eigenvalue weighted by Gasteiger charge is 2.32. The lowest BCUT2D eigenvalue weighted by atomic mass is 10.0. The molecule has 2 N–H and O–H groups in total. The number of likely N-dealkylation sites (tertiary alicyclic amines) is 1. The second-order valence-electron chi connectivity index (χ2n) is 5.24.